The number of hydrogen-bond acceptors (Lipinski definition) is 3. The lowest BCUT2D eigenvalue weighted by molar-refractivity contribution is 0.0693. The van der Waals surface area contributed by atoms with Crippen LogP contribution in [0.4, 0.5) is 4.39 Å². The minimum atomic E-state index is -1.19. The van der Waals surface area contributed by atoms with Crippen LogP contribution in [0, 0.1) is 5.82 Å². The summed E-state index contributed by atoms with van der Waals surface area (Å²) >= 11 is 0. The van der Waals surface area contributed by atoms with Crippen molar-refractivity contribution in [3.63, 3.8) is 0 Å². The van der Waals surface area contributed by atoms with Crippen LogP contribution < -0.4 is 4.74 Å². The molecule has 0 aliphatic heterocycles. The van der Waals surface area contributed by atoms with Gasteiger partial charge in [-0.1, -0.05) is 6.07 Å². The second-order valence-electron chi connectivity index (χ2n) is 3.90. The Morgan fingerprint density at radius 1 is 1.16 bits per heavy atom. The van der Waals surface area contributed by atoms with E-state index in [1.54, 1.807) is 6.07 Å². The number of benzene rings is 2. The van der Waals surface area contributed by atoms with Gasteiger partial charge < -0.3 is 14.9 Å². The Balaban J connectivity index is 2.06. The summed E-state index contributed by atoms with van der Waals surface area (Å²) in [6.45, 7) is 0.152. The molecule has 0 amide bonds. The van der Waals surface area contributed by atoms with E-state index in [0.717, 1.165) is 0 Å². The van der Waals surface area contributed by atoms with Crippen molar-refractivity contribution in [1.82, 2.24) is 0 Å². The molecular weight excluding hydrogens is 251 g/mol. The largest absolute Gasteiger partial charge is 0.507 e. The standard InChI is InChI=1S/C14H11FO4/c15-10-2-4-11(5-3-10)19-8-9-1-6-12(14(17)18)13(16)7-9/h1-7,16H,8H2,(H,17,18). The number of halogens is 1. The highest BCUT2D eigenvalue weighted by Gasteiger charge is 2.09. The van der Waals surface area contributed by atoms with Crippen LogP contribution in [0.25, 0.3) is 0 Å². The Kier molecular flexibility index (Phi) is 3.66. The zero-order chi connectivity index (χ0) is 13.8. The SMILES string of the molecule is O=C(O)c1ccc(COc2ccc(F)cc2)cc1O. The number of rotatable bonds is 4. The second kappa shape index (κ2) is 5.39. The minimum Gasteiger partial charge on any atom is -0.507 e. The predicted octanol–water partition coefficient (Wildman–Crippen LogP) is 2.81. The zero-order valence-corrected chi connectivity index (χ0v) is 9.84. The molecule has 4 nitrogen and oxygen atoms in total. The van der Waals surface area contributed by atoms with Crippen LogP contribution in [0.2, 0.25) is 0 Å². The van der Waals surface area contributed by atoms with Crippen molar-refractivity contribution in [1.29, 1.82) is 0 Å². The predicted molar refractivity (Wildman–Crippen MR) is 65.8 cm³/mol. The van der Waals surface area contributed by atoms with Gasteiger partial charge in [-0.15, -0.1) is 0 Å². The lowest BCUT2D eigenvalue weighted by atomic mass is 10.1. The summed E-state index contributed by atoms with van der Waals surface area (Å²) in [5.74, 6) is -1.37. The van der Waals surface area contributed by atoms with Crippen molar-refractivity contribution in [2.45, 2.75) is 6.61 Å². The number of carboxylic acids is 1. The number of hydrogen-bond donors (Lipinski definition) is 2. The minimum absolute atomic E-state index is 0.152. The third-order valence-electron chi connectivity index (χ3n) is 2.51. The molecule has 0 atom stereocenters. The normalized spacial score (nSPS) is 10.2. The summed E-state index contributed by atoms with van der Waals surface area (Å²) in [5, 5.41) is 18.3. The van der Waals surface area contributed by atoms with E-state index < -0.39 is 5.97 Å². The van der Waals surface area contributed by atoms with Gasteiger partial charge in [0.15, 0.2) is 0 Å². The van der Waals surface area contributed by atoms with Crippen LogP contribution in [0.3, 0.4) is 0 Å². The molecule has 5 heteroatoms. The molecule has 0 fully saturated rings. The average Bonchev–Trinajstić information content (AvgIpc) is 2.37. The molecule has 0 aromatic heterocycles. The fraction of sp³-hybridized carbons (Fsp3) is 0.0714. The van der Waals surface area contributed by atoms with Crippen molar-refractivity contribution in [2.24, 2.45) is 0 Å². The molecule has 0 saturated heterocycles. The molecule has 0 aliphatic rings. The molecule has 0 bridgehead atoms. The number of carbonyl (C=O) groups is 1. The van der Waals surface area contributed by atoms with Gasteiger partial charge in [-0.25, -0.2) is 9.18 Å². The average molecular weight is 262 g/mol. The maximum absolute atomic E-state index is 12.7. The van der Waals surface area contributed by atoms with Crippen molar-refractivity contribution in [3.8, 4) is 11.5 Å². The van der Waals surface area contributed by atoms with Crippen LogP contribution in [0.1, 0.15) is 15.9 Å². The van der Waals surface area contributed by atoms with Crippen LogP contribution >= 0.6 is 0 Å². The first kappa shape index (κ1) is 12.9. The molecule has 0 spiro atoms. The Morgan fingerprint density at radius 2 is 1.84 bits per heavy atom. The maximum Gasteiger partial charge on any atom is 0.339 e. The van der Waals surface area contributed by atoms with Crippen molar-refractivity contribution in [3.05, 3.63) is 59.4 Å². The van der Waals surface area contributed by atoms with Gasteiger partial charge in [0.1, 0.15) is 29.5 Å². The number of carboxylic acid groups (broad SMARTS) is 1. The van der Waals surface area contributed by atoms with Gasteiger partial charge in [-0.2, -0.15) is 0 Å². The fourth-order valence-electron chi connectivity index (χ4n) is 1.55. The lowest BCUT2D eigenvalue weighted by Gasteiger charge is -2.07. The summed E-state index contributed by atoms with van der Waals surface area (Å²) in [6.07, 6.45) is 0. The van der Waals surface area contributed by atoms with Crippen LogP contribution in [-0.4, -0.2) is 16.2 Å². The Morgan fingerprint density at radius 3 is 2.42 bits per heavy atom. The summed E-state index contributed by atoms with van der Waals surface area (Å²) in [6, 6.07) is 9.71. The van der Waals surface area contributed by atoms with E-state index in [4.69, 9.17) is 9.84 Å². The molecule has 0 aliphatic carbocycles. The molecular formula is C14H11FO4. The quantitative estimate of drug-likeness (QED) is 0.889. The highest BCUT2D eigenvalue weighted by molar-refractivity contribution is 5.90. The summed E-state index contributed by atoms with van der Waals surface area (Å²) in [5.41, 5.74) is 0.456. The van der Waals surface area contributed by atoms with Gasteiger partial charge in [-0.3, -0.25) is 0 Å². The van der Waals surface area contributed by atoms with E-state index in [1.165, 1.54) is 36.4 Å². The first-order valence-electron chi connectivity index (χ1n) is 5.50. The van der Waals surface area contributed by atoms with Crippen LogP contribution in [-0.2, 0) is 6.61 Å². The maximum atomic E-state index is 12.7. The topological polar surface area (TPSA) is 66.8 Å². The molecule has 19 heavy (non-hydrogen) atoms. The molecule has 2 aromatic carbocycles. The molecule has 98 valence electrons. The van der Waals surface area contributed by atoms with E-state index >= 15 is 0 Å². The lowest BCUT2D eigenvalue weighted by Crippen LogP contribution is -1.99. The fourth-order valence-corrected chi connectivity index (χ4v) is 1.55. The van der Waals surface area contributed by atoms with Crippen molar-refractivity contribution >= 4 is 5.97 Å². The number of phenols is 1. The van der Waals surface area contributed by atoms with E-state index in [2.05, 4.69) is 0 Å². The van der Waals surface area contributed by atoms with E-state index in [9.17, 15) is 14.3 Å². The molecule has 2 rings (SSSR count). The van der Waals surface area contributed by atoms with Gasteiger partial charge >= 0.3 is 5.97 Å². The van der Waals surface area contributed by atoms with E-state index in [-0.39, 0.29) is 23.7 Å². The third-order valence-corrected chi connectivity index (χ3v) is 2.51. The summed E-state index contributed by atoms with van der Waals surface area (Å²) in [7, 11) is 0. The van der Waals surface area contributed by atoms with Gasteiger partial charge in [0.2, 0.25) is 0 Å². The van der Waals surface area contributed by atoms with Gasteiger partial charge in [0, 0.05) is 0 Å². The zero-order valence-electron chi connectivity index (χ0n) is 9.84. The molecule has 0 unspecified atom stereocenters. The van der Waals surface area contributed by atoms with Gasteiger partial charge in [0.25, 0.3) is 0 Å². The van der Waals surface area contributed by atoms with Crippen molar-refractivity contribution in [2.75, 3.05) is 0 Å². The highest BCUT2D eigenvalue weighted by Crippen LogP contribution is 2.20. The number of ether oxygens (including phenoxy) is 1. The first-order chi connectivity index (χ1) is 9.06. The molecule has 0 heterocycles. The van der Waals surface area contributed by atoms with E-state index in [1.807, 2.05) is 0 Å². The number of aromatic carboxylic acids is 1. The van der Waals surface area contributed by atoms with Crippen LogP contribution in [0.5, 0.6) is 11.5 Å². The Bertz CT molecular complexity index is 593. The Hall–Kier alpha value is -2.56. The molecule has 0 radical (unpaired) electrons. The third kappa shape index (κ3) is 3.22. The van der Waals surface area contributed by atoms with E-state index in [0.29, 0.717) is 11.3 Å². The smallest absolute Gasteiger partial charge is 0.339 e. The van der Waals surface area contributed by atoms with Crippen molar-refractivity contribution < 1.29 is 24.1 Å². The number of aromatic hydroxyl groups is 1. The molecule has 0 saturated carbocycles. The van der Waals surface area contributed by atoms with Gasteiger partial charge in [0.05, 0.1) is 0 Å². The summed E-state index contributed by atoms with van der Waals surface area (Å²) in [4.78, 5) is 10.7. The summed E-state index contributed by atoms with van der Waals surface area (Å²) < 4.78 is 18.1. The highest BCUT2D eigenvalue weighted by atomic mass is 19.1. The first-order valence-corrected chi connectivity index (χ1v) is 5.50. The molecule has 2 N–H and O–H groups in total. The monoisotopic (exact) mass is 262 g/mol. The van der Waals surface area contributed by atoms with Gasteiger partial charge in [-0.05, 0) is 42.0 Å². The Labute approximate surface area is 108 Å². The molecule has 2 aromatic rings. The second-order valence-corrected chi connectivity index (χ2v) is 3.90. The van der Waals surface area contributed by atoms with Crippen LogP contribution in [0.15, 0.2) is 42.5 Å².